The van der Waals surface area contributed by atoms with Gasteiger partial charge in [-0.05, 0) is 33.3 Å². The summed E-state index contributed by atoms with van der Waals surface area (Å²) in [6.45, 7) is 5.36. The predicted octanol–water partition coefficient (Wildman–Crippen LogP) is 2.64. The number of rotatable bonds is 4. The molecule has 1 unspecified atom stereocenters. The Morgan fingerprint density at radius 3 is 2.38 bits per heavy atom. The zero-order valence-electron chi connectivity index (χ0n) is 9.76. The number of benzene rings is 1. The molecule has 0 radical (unpaired) electrons. The Hall–Kier alpha value is -1.16. The Morgan fingerprint density at radius 2 is 1.88 bits per heavy atom. The van der Waals surface area contributed by atoms with Crippen LogP contribution in [0.1, 0.15) is 26.3 Å². The fraction of sp³-hybridized carbons (Fsp3) is 0.500. The minimum absolute atomic E-state index is 0.105. The number of nitrogens with two attached hydrogens (primary N) is 1. The third-order valence-electron chi connectivity index (χ3n) is 1.98. The van der Waals surface area contributed by atoms with Gasteiger partial charge in [0.2, 0.25) is 0 Å². The van der Waals surface area contributed by atoms with Crippen LogP contribution in [-0.4, -0.2) is 12.1 Å². The van der Waals surface area contributed by atoms with E-state index in [1.165, 1.54) is 6.07 Å². The van der Waals surface area contributed by atoms with Gasteiger partial charge in [0.1, 0.15) is 5.82 Å². The Labute approximate surface area is 94.4 Å². The Balaban J connectivity index is 3.10. The molecule has 1 atom stereocenters. The van der Waals surface area contributed by atoms with Gasteiger partial charge >= 0.3 is 0 Å². The Bertz CT molecular complexity index is 364. The van der Waals surface area contributed by atoms with Gasteiger partial charge in [-0.3, -0.25) is 0 Å². The van der Waals surface area contributed by atoms with Crippen molar-refractivity contribution in [2.24, 2.45) is 5.73 Å². The average molecular weight is 229 g/mol. The summed E-state index contributed by atoms with van der Waals surface area (Å²) in [5.74, 6) is -1.18. The smallest absolute Gasteiger partial charge is 0.168 e. The van der Waals surface area contributed by atoms with Gasteiger partial charge in [-0.25, -0.2) is 8.78 Å². The highest BCUT2D eigenvalue weighted by atomic mass is 19.1. The van der Waals surface area contributed by atoms with E-state index in [0.29, 0.717) is 12.0 Å². The van der Waals surface area contributed by atoms with Gasteiger partial charge in [-0.2, -0.15) is 0 Å². The van der Waals surface area contributed by atoms with E-state index in [0.717, 1.165) is 6.07 Å². The molecule has 2 N–H and O–H groups in total. The molecule has 0 aromatic heterocycles. The molecule has 16 heavy (non-hydrogen) atoms. The molecule has 90 valence electrons. The second-order valence-corrected chi connectivity index (χ2v) is 4.22. The molecule has 1 aromatic carbocycles. The molecule has 0 aliphatic heterocycles. The van der Waals surface area contributed by atoms with Gasteiger partial charge in [0.25, 0.3) is 0 Å². The van der Waals surface area contributed by atoms with Crippen LogP contribution in [0.15, 0.2) is 12.1 Å². The van der Waals surface area contributed by atoms with Gasteiger partial charge in [0, 0.05) is 17.7 Å². The fourth-order valence-electron chi connectivity index (χ4n) is 1.48. The normalized spacial score (nSPS) is 12.9. The van der Waals surface area contributed by atoms with E-state index in [9.17, 15) is 8.78 Å². The molecule has 0 aliphatic rings. The van der Waals surface area contributed by atoms with E-state index in [2.05, 4.69) is 0 Å². The van der Waals surface area contributed by atoms with Crippen molar-refractivity contribution < 1.29 is 13.5 Å². The highest BCUT2D eigenvalue weighted by molar-refractivity contribution is 5.36. The molecule has 0 aliphatic carbocycles. The van der Waals surface area contributed by atoms with Crippen LogP contribution in [0.4, 0.5) is 8.78 Å². The highest BCUT2D eigenvalue weighted by Crippen LogP contribution is 2.26. The van der Waals surface area contributed by atoms with Crippen molar-refractivity contribution >= 4 is 0 Å². The zero-order valence-corrected chi connectivity index (χ0v) is 9.76. The number of hydrogen-bond acceptors (Lipinski definition) is 2. The van der Waals surface area contributed by atoms with Crippen LogP contribution in [0.3, 0.4) is 0 Å². The molecule has 2 nitrogen and oxygen atoms in total. The summed E-state index contributed by atoms with van der Waals surface area (Å²) in [4.78, 5) is 0. The van der Waals surface area contributed by atoms with Crippen molar-refractivity contribution in [3.63, 3.8) is 0 Å². The summed E-state index contributed by atoms with van der Waals surface area (Å²) in [7, 11) is 0. The Morgan fingerprint density at radius 1 is 1.25 bits per heavy atom. The molecule has 0 spiro atoms. The minimum Gasteiger partial charge on any atom is -0.488 e. The van der Waals surface area contributed by atoms with Crippen molar-refractivity contribution in [2.75, 3.05) is 0 Å². The first kappa shape index (κ1) is 12.9. The van der Waals surface area contributed by atoms with Crippen LogP contribution in [0, 0.1) is 11.6 Å². The lowest BCUT2D eigenvalue weighted by molar-refractivity contribution is 0.227. The number of hydrogen-bond donors (Lipinski definition) is 1. The van der Waals surface area contributed by atoms with Crippen LogP contribution in [0.25, 0.3) is 0 Å². The first-order chi connectivity index (χ1) is 7.40. The summed E-state index contributed by atoms with van der Waals surface area (Å²) < 4.78 is 31.9. The summed E-state index contributed by atoms with van der Waals surface area (Å²) in [6.07, 6.45) is 0.225. The second-order valence-electron chi connectivity index (χ2n) is 4.22. The summed E-state index contributed by atoms with van der Waals surface area (Å²) in [5.41, 5.74) is 6.10. The first-order valence-corrected chi connectivity index (χ1v) is 5.30. The number of ether oxygens (including phenoxy) is 1. The van der Waals surface area contributed by atoms with E-state index < -0.39 is 11.6 Å². The SMILES string of the molecule is CC(N)Cc1cc(F)cc(F)c1OC(C)C. The maximum atomic E-state index is 13.5. The van der Waals surface area contributed by atoms with Crippen LogP contribution in [-0.2, 0) is 6.42 Å². The molecule has 0 amide bonds. The van der Waals surface area contributed by atoms with Gasteiger partial charge in [0.15, 0.2) is 11.6 Å². The molecular weight excluding hydrogens is 212 g/mol. The van der Waals surface area contributed by atoms with E-state index in [-0.39, 0.29) is 17.9 Å². The molecule has 0 saturated heterocycles. The van der Waals surface area contributed by atoms with Crippen LogP contribution in [0.5, 0.6) is 5.75 Å². The molecule has 0 bridgehead atoms. The van der Waals surface area contributed by atoms with Crippen molar-refractivity contribution in [3.05, 3.63) is 29.3 Å². The van der Waals surface area contributed by atoms with Gasteiger partial charge in [-0.1, -0.05) is 0 Å². The molecule has 1 rings (SSSR count). The topological polar surface area (TPSA) is 35.2 Å². The zero-order chi connectivity index (χ0) is 12.3. The molecular formula is C12H17F2NO. The number of halogens is 2. The summed E-state index contributed by atoms with van der Waals surface area (Å²) in [6, 6.07) is 1.92. The van der Waals surface area contributed by atoms with Crippen molar-refractivity contribution in [1.29, 1.82) is 0 Å². The largest absolute Gasteiger partial charge is 0.488 e. The minimum atomic E-state index is -0.677. The van der Waals surface area contributed by atoms with Crippen molar-refractivity contribution in [1.82, 2.24) is 0 Å². The molecule has 0 saturated carbocycles. The van der Waals surface area contributed by atoms with Crippen LogP contribution < -0.4 is 10.5 Å². The molecule has 4 heteroatoms. The monoisotopic (exact) mass is 229 g/mol. The van der Waals surface area contributed by atoms with Gasteiger partial charge in [0.05, 0.1) is 6.10 Å². The van der Waals surface area contributed by atoms with Crippen molar-refractivity contribution in [2.45, 2.75) is 39.3 Å². The highest BCUT2D eigenvalue weighted by Gasteiger charge is 2.15. The maximum absolute atomic E-state index is 13.5. The predicted molar refractivity (Wildman–Crippen MR) is 59.5 cm³/mol. The maximum Gasteiger partial charge on any atom is 0.168 e. The molecule has 0 fully saturated rings. The standard InChI is InChI=1S/C12H17F2NO/c1-7(2)16-12-9(4-8(3)15)5-10(13)6-11(12)14/h5-8H,4,15H2,1-3H3. The van der Waals surface area contributed by atoms with E-state index in [1.54, 1.807) is 20.8 Å². The van der Waals surface area contributed by atoms with Crippen LogP contribution in [0.2, 0.25) is 0 Å². The first-order valence-electron chi connectivity index (χ1n) is 5.30. The average Bonchev–Trinajstić information content (AvgIpc) is 2.09. The third kappa shape index (κ3) is 3.45. The van der Waals surface area contributed by atoms with Crippen LogP contribution >= 0.6 is 0 Å². The van der Waals surface area contributed by atoms with E-state index >= 15 is 0 Å². The quantitative estimate of drug-likeness (QED) is 0.861. The summed E-state index contributed by atoms with van der Waals surface area (Å²) in [5, 5.41) is 0. The Kier molecular flexibility index (Phi) is 4.24. The molecule has 1 aromatic rings. The third-order valence-corrected chi connectivity index (χ3v) is 1.98. The van der Waals surface area contributed by atoms with Gasteiger partial charge in [-0.15, -0.1) is 0 Å². The van der Waals surface area contributed by atoms with E-state index in [1.807, 2.05) is 0 Å². The fourth-order valence-corrected chi connectivity index (χ4v) is 1.48. The second kappa shape index (κ2) is 5.25. The lowest BCUT2D eigenvalue weighted by Crippen LogP contribution is -2.19. The van der Waals surface area contributed by atoms with E-state index in [4.69, 9.17) is 10.5 Å². The lowest BCUT2D eigenvalue weighted by atomic mass is 10.1. The van der Waals surface area contributed by atoms with Gasteiger partial charge < -0.3 is 10.5 Å². The van der Waals surface area contributed by atoms with Crippen molar-refractivity contribution in [3.8, 4) is 5.75 Å². The molecule has 0 heterocycles. The summed E-state index contributed by atoms with van der Waals surface area (Å²) >= 11 is 0. The lowest BCUT2D eigenvalue weighted by Gasteiger charge is -2.16.